The summed E-state index contributed by atoms with van der Waals surface area (Å²) in [5, 5.41) is 0. The van der Waals surface area contributed by atoms with E-state index in [1.807, 2.05) is 0 Å². The monoisotopic (exact) mass is 283 g/mol. The molecule has 3 heteroatoms. The Morgan fingerprint density at radius 1 is 1.58 bits per heavy atom. The molecule has 12 heavy (non-hydrogen) atoms. The van der Waals surface area contributed by atoms with Crippen LogP contribution in [0.3, 0.4) is 0 Å². The zero-order chi connectivity index (χ0) is 8.97. The Kier molecular flexibility index (Phi) is 4.82. The number of piperidine rings is 1. The van der Waals surface area contributed by atoms with Gasteiger partial charge in [0.25, 0.3) is 0 Å². The first-order chi connectivity index (χ1) is 5.72. The Balaban J connectivity index is 2.25. The molecule has 0 aromatic carbocycles. The van der Waals surface area contributed by atoms with Crippen molar-refractivity contribution in [2.45, 2.75) is 38.9 Å². The van der Waals surface area contributed by atoms with Crippen molar-refractivity contribution < 1.29 is 4.74 Å². The van der Waals surface area contributed by atoms with Gasteiger partial charge in [-0.05, 0) is 33.2 Å². The van der Waals surface area contributed by atoms with Gasteiger partial charge in [0.05, 0.1) is 16.8 Å². The summed E-state index contributed by atoms with van der Waals surface area (Å²) in [6.45, 7) is 6.61. The predicted octanol–water partition coefficient (Wildman–Crippen LogP) is 2.27. The molecule has 0 spiro atoms. The lowest BCUT2D eigenvalue weighted by Gasteiger charge is -2.32. The molecule has 1 unspecified atom stereocenters. The maximum absolute atomic E-state index is 5.78. The Morgan fingerprint density at radius 3 is 2.92 bits per heavy atom. The van der Waals surface area contributed by atoms with Crippen molar-refractivity contribution in [3.05, 3.63) is 0 Å². The van der Waals surface area contributed by atoms with Gasteiger partial charge in [-0.25, -0.2) is 0 Å². The van der Waals surface area contributed by atoms with Crippen molar-refractivity contribution in [2.24, 2.45) is 0 Å². The van der Waals surface area contributed by atoms with Crippen LogP contribution in [0, 0.1) is 0 Å². The fourth-order valence-corrected chi connectivity index (χ4v) is 2.24. The van der Waals surface area contributed by atoms with Gasteiger partial charge in [-0.2, -0.15) is 0 Å². The lowest BCUT2D eigenvalue weighted by Crippen LogP contribution is -2.39. The molecule has 0 N–H and O–H groups in total. The highest BCUT2D eigenvalue weighted by atomic mass is 127. The highest BCUT2D eigenvalue weighted by molar-refractivity contribution is 14.1. The van der Waals surface area contributed by atoms with Crippen LogP contribution in [-0.4, -0.2) is 34.7 Å². The van der Waals surface area contributed by atoms with E-state index < -0.39 is 0 Å². The fourth-order valence-electron chi connectivity index (χ4n) is 1.62. The topological polar surface area (TPSA) is 12.5 Å². The number of hydrogen-bond acceptors (Lipinski definition) is 2. The van der Waals surface area contributed by atoms with Gasteiger partial charge in [0.15, 0.2) is 0 Å². The number of nitrogens with zero attached hydrogens (tertiary/aromatic N) is 1. The molecule has 1 aliphatic heterocycles. The minimum absolute atomic E-state index is 0.379. The van der Waals surface area contributed by atoms with Crippen molar-refractivity contribution in [3.8, 4) is 0 Å². The highest BCUT2D eigenvalue weighted by Crippen LogP contribution is 2.15. The second kappa shape index (κ2) is 5.40. The summed E-state index contributed by atoms with van der Waals surface area (Å²) in [5.41, 5.74) is 0. The highest BCUT2D eigenvalue weighted by Gasteiger charge is 2.19. The van der Waals surface area contributed by atoms with E-state index in [2.05, 4.69) is 41.3 Å². The molecule has 0 saturated carbocycles. The minimum atomic E-state index is 0.379. The average molecular weight is 283 g/mol. The zero-order valence-electron chi connectivity index (χ0n) is 7.92. The molecule has 1 aliphatic rings. The summed E-state index contributed by atoms with van der Waals surface area (Å²) in [5.74, 6) is 0. The molecule has 1 fully saturated rings. The van der Waals surface area contributed by atoms with Crippen LogP contribution in [0.4, 0.5) is 0 Å². The van der Waals surface area contributed by atoms with Crippen LogP contribution < -0.4 is 0 Å². The van der Waals surface area contributed by atoms with Gasteiger partial charge in [-0.3, -0.25) is 4.90 Å². The fraction of sp³-hybridized carbons (Fsp3) is 1.00. The number of ether oxygens (including phenoxy) is 1. The van der Waals surface area contributed by atoms with Crippen LogP contribution in [0.2, 0.25) is 0 Å². The van der Waals surface area contributed by atoms with E-state index in [0.717, 1.165) is 11.1 Å². The summed E-state index contributed by atoms with van der Waals surface area (Å²) in [7, 11) is 0. The third-order valence-electron chi connectivity index (χ3n) is 2.10. The summed E-state index contributed by atoms with van der Waals surface area (Å²) in [4.78, 5) is 2.46. The number of halogens is 1. The normalized spacial score (nSPS) is 26.5. The Hall–Kier alpha value is 0.650. The summed E-state index contributed by atoms with van der Waals surface area (Å²) in [6, 6.07) is 0. The quantitative estimate of drug-likeness (QED) is 0.447. The van der Waals surface area contributed by atoms with E-state index in [-0.39, 0.29) is 0 Å². The molecule has 0 aromatic heterocycles. The molecular weight excluding hydrogens is 265 g/mol. The lowest BCUT2D eigenvalue weighted by molar-refractivity contribution is -0.0285. The molecule has 0 bridgehead atoms. The zero-order valence-corrected chi connectivity index (χ0v) is 10.1. The van der Waals surface area contributed by atoms with Crippen LogP contribution >= 0.6 is 22.6 Å². The van der Waals surface area contributed by atoms with Gasteiger partial charge in [0, 0.05) is 6.54 Å². The summed E-state index contributed by atoms with van der Waals surface area (Å²) < 4.78 is 6.91. The minimum Gasteiger partial charge on any atom is -0.374 e. The Morgan fingerprint density at radius 2 is 2.33 bits per heavy atom. The van der Waals surface area contributed by atoms with Crippen LogP contribution in [0.15, 0.2) is 0 Å². The molecule has 1 rings (SSSR count). The van der Waals surface area contributed by atoms with E-state index in [1.54, 1.807) is 0 Å². The van der Waals surface area contributed by atoms with E-state index in [0.29, 0.717) is 12.2 Å². The van der Waals surface area contributed by atoms with E-state index in [4.69, 9.17) is 4.74 Å². The van der Waals surface area contributed by atoms with Crippen LogP contribution in [0.1, 0.15) is 26.7 Å². The van der Waals surface area contributed by atoms with E-state index >= 15 is 0 Å². The molecule has 0 aromatic rings. The molecule has 1 heterocycles. The first-order valence-corrected chi connectivity index (χ1v) is 6.18. The van der Waals surface area contributed by atoms with Crippen molar-refractivity contribution in [1.82, 2.24) is 4.90 Å². The average Bonchev–Trinajstić information content (AvgIpc) is 2.03. The molecule has 72 valence electrons. The standard InChI is InChI=1S/C9H18INO/c1-8(2)12-9-4-3-5-11(6-9)7-10/h8-9H,3-7H2,1-2H3. The van der Waals surface area contributed by atoms with Gasteiger partial charge in [-0.15, -0.1) is 0 Å². The first-order valence-electron chi connectivity index (χ1n) is 4.66. The third-order valence-corrected chi connectivity index (χ3v) is 3.06. The van der Waals surface area contributed by atoms with E-state index in [1.165, 1.54) is 19.4 Å². The molecule has 0 aliphatic carbocycles. The number of rotatable bonds is 3. The van der Waals surface area contributed by atoms with Crippen molar-refractivity contribution in [2.75, 3.05) is 17.6 Å². The van der Waals surface area contributed by atoms with Crippen molar-refractivity contribution in [1.29, 1.82) is 0 Å². The van der Waals surface area contributed by atoms with Gasteiger partial charge >= 0.3 is 0 Å². The lowest BCUT2D eigenvalue weighted by atomic mass is 10.1. The van der Waals surface area contributed by atoms with Crippen LogP contribution in [0.5, 0.6) is 0 Å². The van der Waals surface area contributed by atoms with Crippen molar-refractivity contribution in [3.63, 3.8) is 0 Å². The van der Waals surface area contributed by atoms with Gasteiger partial charge in [0.2, 0.25) is 0 Å². The second-order valence-electron chi connectivity index (χ2n) is 3.65. The Labute approximate surface area is 88.8 Å². The number of alkyl halides is 1. The van der Waals surface area contributed by atoms with Gasteiger partial charge in [-0.1, -0.05) is 22.6 Å². The number of hydrogen-bond donors (Lipinski definition) is 0. The molecule has 2 nitrogen and oxygen atoms in total. The first kappa shape index (κ1) is 10.7. The molecule has 0 radical (unpaired) electrons. The summed E-state index contributed by atoms with van der Waals surface area (Å²) in [6.07, 6.45) is 3.39. The maximum atomic E-state index is 5.78. The largest absolute Gasteiger partial charge is 0.374 e. The van der Waals surface area contributed by atoms with Crippen LogP contribution in [-0.2, 0) is 4.74 Å². The smallest absolute Gasteiger partial charge is 0.0706 e. The SMILES string of the molecule is CC(C)OC1CCCN(CI)C1. The molecule has 1 saturated heterocycles. The molecule has 1 atom stereocenters. The Bertz CT molecular complexity index is 130. The molecule has 0 amide bonds. The van der Waals surface area contributed by atoms with Crippen molar-refractivity contribution >= 4 is 22.6 Å². The molecular formula is C9H18INO. The number of likely N-dealkylation sites (tertiary alicyclic amines) is 1. The predicted molar refractivity (Wildman–Crippen MR) is 59.7 cm³/mol. The maximum Gasteiger partial charge on any atom is 0.0706 e. The van der Waals surface area contributed by atoms with Gasteiger partial charge < -0.3 is 4.74 Å². The van der Waals surface area contributed by atoms with Crippen LogP contribution in [0.25, 0.3) is 0 Å². The van der Waals surface area contributed by atoms with E-state index in [9.17, 15) is 0 Å². The van der Waals surface area contributed by atoms with Gasteiger partial charge in [0.1, 0.15) is 0 Å². The second-order valence-corrected chi connectivity index (χ2v) is 4.33. The third kappa shape index (κ3) is 3.58. The summed E-state index contributed by atoms with van der Waals surface area (Å²) >= 11 is 2.42.